The third kappa shape index (κ3) is 3.11. The zero-order valence-corrected chi connectivity index (χ0v) is 18.9. The number of piperidine rings is 1. The number of carbonyl (C=O) groups is 3. The first kappa shape index (κ1) is 20.1. The molecule has 1 aliphatic carbocycles. The fourth-order valence-electron chi connectivity index (χ4n) is 5.72. The van der Waals surface area contributed by atoms with Gasteiger partial charge in [0.05, 0.1) is 27.8 Å². The van der Waals surface area contributed by atoms with Crippen molar-refractivity contribution >= 4 is 52.2 Å². The molecule has 4 aliphatic rings. The molecule has 2 bridgehead atoms. The van der Waals surface area contributed by atoms with Crippen LogP contribution < -0.4 is 15.1 Å². The highest BCUT2D eigenvalue weighted by atomic mass is 35.5. The van der Waals surface area contributed by atoms with Gasteiger partial charge in [-0.1, -0.05) is 11.6 Å². The van der Waals surface area contributed by atoms with Crippen molar-refractivity contribution in [1.82, 2.24) is 10.2 Å². The summed E-state index contributed by atoms with van der Waals surface area (Å²) >= 11 is 7.21. The molecule has 4 heterocycles. The summed E-state index contributed by atoms with van der Waals surface area (Å²) in [5, 5.41) is 3.09. The van der Waals surface area contributed by atoms with Crippen LogP contribution in [0.3, 0.4) is 0 Å². The number of hydrogen-bond acceptors (Lipinski definition) is 4. The highest BCUT2D eigenvalue weighted by Crippen LogP contribution is 2.42. The molecule has 32 heavy (non-hydrogen) atoms. The molecular weight excluding hydrogens is 448 g/mol. The van der Waals surface area contributed by atoms with Gasteiger partial charge in [-0.05, 0) is 62.1 Å². The number of nitrogens with zero attached hydrogens (tertiary/aromatic N) is 3. The van der Waals surface area contributed by atoms with Gasteiger partial charge in [-0.3, -0.25) is 14.5 Å². The minimum Gasteiger partial charge on any atom is -0.346 e. The van der Waals surface area contributed by atoms with Crippen LogP contribution in [0.2, 0.25) is 4.34 Å². The second kappa shape index (κ2) is 7.49. The average molecular weight is 471 g/mol. The quantitative estimate of drug-likeness (QED) is 0.740. The molecule has 4 fully saturated rings. The number of hydrogen-bond donors (Lipinski definition) is 1. The monoisotopic (exact) mass is 470 g/mol. The minimum atomic E-state index is -0.145. The van der Waals surface area contributed by atoms with Gasteiger partial charge in [-0.15, -0.1) is 11.3 Å². The first-order chi connectivity index (χ1) is 15.5. The minimum absolute atomic E-state index is 0.0324. The molecule has 1 aromatic carbocycles. The van der Waals surface area contributed by atoms with Crippen molar-refractivity contribution < 1.29 is 14.4 Å². The van der Waals surface area contributed by atoms with Crippen molar-refractivity contribution in [2.75, 3.05) is 22.9 Å². The number of rotatable bonds is 4. The van der Waals surface area contributed by atoms with Crippen LogP contribution in [0.15, 0.2) is 36.4 Å². The zero-order valence-electron chi connectivity index (χ0n) is 17.4. The number of anilines is 2. The Labute approximate surface area is 194 Å². The van der Waals surface area contributed by atoms with E-state index >= 15 is 0 Å². The topological polar surface area (TPSA) is 73.0 Å². The van der Waals surface area contributed by atoms with Crippen molar-refractivity contribution in [3.63, 3.8) is 0 Å². The van der Waals surface area contributed by atoms with Crippen molar-refractivity contribution in [1.29, 1.82) is 0 Å². The Morgan fingerprint density at radius 1 is 1.03 bits per heavy atom. The molecule has 3 aliphatic heterocycles. The van der Waals surface area contributed by atoms with E-state index in [0.717, 1.165) is 37.1 Å². The van der Waals surface area contributed by atoms with Gasteiger partial charge in [0.15, 0.2) is 0 Å². The molecule has 1 aromatic heterocycles. The van der Waals surface area contributed by atoms with Gasteiger partial charge in [-0.2, -0.15) is 0 Å². The molecule has 1 saturated carbocycles. The van der Waals surface area contributed by atoms with E-state index in [1.54, 1.807) is 17.0 Å². The van der Waals surface area contributed by atoms with Crippen LogP contribution >= 0.6 is 22.9 Å². The smallest absolute Gasteiger partial charge is 0.324 e. The lowest BCUT2D eigenvalue weighted by molar-refractivity contribution is -0.121. The van der Waals surface area contributed by atoms with Crippen LogP contribution in [0, 0.1) is 5.92 Å². The van der Waals surface area contributed by atoms with Crippen LogP contribution in [0.25, 0.3) is 0 Å². The number of benzene rings is 1. The molecule has 3 saturated heterocycles. The van der Waals surface area contributed by atoms with Crippen molar-refractivity contribution in [3.8, 4) is 0 Å². The Kier molecular flexibility index (Phi) is 4.69. The fraction of sp³-hybridized carbons (Fsp3) is 0.435. The summed E-state index contributed by atoms with van der Waals surface area (Å²) < 4.78 is 0.581. The summed E-state index contributed by atoms with van der Waals surface area (Å²) in [4.78, 5) is 44.3. The van der Waals surface area contributed by atoms with E-state index in [2.05, 4.69) is 5.32 Å². The summed E-state index contributed by atoms with van der Waals surface area (Å²) in [6, 6.07) is 11.3. The largest absolute Gasteiger partial charge is 0.346 e. The Bertz CT molecular complexity index is 1100. The summed E-state index contributed by atoms with van der Waals surface area (Å²) in [5.41, 5.74) is 1.73. The predicted molar refractivity (Wildman–Crippen MR) is 123 cm³/mol. The number of amides is 4. The Balaban J connectivity index is 1.16. The Morgan fingerprint density at radius 2 is 1.81 bits per heavy atom. The molecule has 4 atom stereocenters. The number of nitrogens with one attached hydrogen (secondary N) is 1. The maximum absolute atomic E-state index is 13.0. The molecule has 7 nitrogen and oxygen atoms in total. The Hall–Kier alpha value is -2.58. The third-order valence-corrected chi connectivity index (χ3v) is 8.53. The van der Waals surface area contributed by atoms with Crippen LogP contribution in [0.1, 0.15) is 35.4 Å². The molecule has 2 aromatic rings. The highest BCUT2D eigenvalue weighted by molar-refractivity contribution is 7.18. The molecule has 9 heteroatoms. The van der Waals surface area contributed by atoms with Crippen LogP contribution in [-0.2, 0) is 4.79 Å². The van der Waals surface area contributed by atoms with Gasteiger partial charge >= 0.3 is 6.03 Å². The predicted octanol–water partition coefficient (Wildman–Crippen LogP) is 3.73. The maximum atomic E-state index is 13.0. The standard InChI is InChI=1S/C23H23ClN4O3S/c24-20-8-7-19(32-20)21(29)25-17-9-10-26-18(17)12-27(23(26)31)14-3-5-15(6-4-14)28-16-2-1-13(11-16)22(28)30/h3-8,13,16-18H,1-2,9-12H2,(H,25,29)/t13?,16?,17-,18-/m1/s1. The van der Waals surface area contributed by atoms with Gasteiger partial charge in [0.2, 0.25) is 5.91 Å². The summed E-state index contributed by atoms with van der Waals surface area (Å²) in [5.74, 6) is 0.274. The number of fused-ring (bicyclic) bond motifs is 3. The van der Waals surface area contributed by atoms with E-state index in [9.17, 15) is 14.4 Å². The lowest BCUT2D eigenvalue weighted by Gasteiger charge is -2.27. The van der Waals surface area contributed by atoms with Crippen molar-refractivity contribution in [3.05, 3.63) is 45.6 Å². The van der Waals surface area contributed by atoms with Gasteiger partial charge in [-0.25, -0.2) is 4.79 Å². The second-order valence-electron chi connectivity index (χ2n) is 9.01. The summed E-state index contributed by atoms with van der Waals surface area (Å²) in [6.07, 6.45) is 3.79. The zero-order chi connectivity index (χ0) is 22.0. The first-order valence-corrected chi connectivity index (χ1v) is 12.3. The average Bonchev–Trinajstić information content (AvgIpc) is 3.59. The van der Waals surface area contributed by atoms with Gasteiger partial charge in [0.1, 0.15) is 0 Å². The SMILES string of the molecule is O=C(N[C@@H]1CCN2C(=O)N(c3ccc(N4C(=O)C5CCC4C5)cc3)C[C@H]12)c1ccc(Cl)s1. The molecular formula is C23H23ClN4O3S. The molecule has 6 rings (SSSR count). The van der Waals surface area contributed by atoms with E-state index in [4.69, 9.17) is 11.6 Å². The number of thiophene rings is 1. The molecule has 166 valence electrons. The van der Waals surface area contributed by atoms with E-state index in [-0.39, 0.29) is 35.8 Å². The third-order valence-electron chi connectivity index (χ3n) is 7.30. The molecule has 2 unspecified atom stereocenters. The van der Waals surface area contributed by atoms with E-state index in [1.165, 1.54) is 11.3 Å². The highest BCUT2D eigenvalue weighted by Gasteiger charge is 2.47. The van der Waals surface area contributed by atoms with E-state index in [1.807, 2.05) is 34.1 Å². The van der Waals surface area contributed by atoms with Gasteiger partial charge in [0.25, 0.3) is 5.91 Å². The van der Waals surface area contributed by atoms with Crippen molar-refractivity contribution in [2.24, 2.45) is 5.92 Å². The lowest BCUT2D eigenvalue weighted by atomic mass is 10.1. The van der Waals surface area contributed by atoms with Crippen molar-refractivity contribution in [2.45, 2.75) is 43.8 Å². The summed E-state index contributed by atoms with van der Waals surface area (Å²) in [7, 11) is 0. The normalized spacial score (nSPS) is 28.7. The summed E-state index contributed by atoms with van der Waals surface area (Å²) in [6.45, 7) is 1.15. The maximum Gasteiger partial charge on any atom is 0.324 e. The molecule has 1 N–H and O–H groups in total. The first-order valence-electron chi connectivity index (χ1n) is 11.1. The lowest BCUT2D eigenvalue weighted by Crippen LogP contribution is -2.44. The molecule has 0 spiro atoms. The van der Waals surface area contributed by atoms with Crippen LogP contribution in [-0.4, -0.2) is 54.0 Å². The number of carbonyl (C=O) groups excluding carboxylic acids is 3. The second-order valence-corrected chi connectivity index (χ2v) is 10.7. The Morgan fingerprint density at radius 3 is 2.50 bits per heavy atom. The van der Waals surface area contributed by atoms with Gasteiger partial charge < -0.3 is 15.1 Å². The van der Waals surface area contributed by atoms with Crippen LogP contribution in [0.5, 0.6) is 0 Å². The van der Waals surface area contributed by atoms with E-state index < -0.39 is 0 Å². The number of halogens is 1. The molecule has 0 radical (unpaired) electrons. The molecule has 4 amide bonds. The van der Waals surface area contributed by atoms with Gasteiger partial charge in [0, 0.05) is 29.9 Å². The van der Waals surface area contributed by atoms with Crippen LogP contribution in [0.4, 0.5) is 16.2 Å². The fourth-order valence-corrected chi connectivity index (χ4v) is 6.67. The number of urea groups is 1. The van der Waals surface area contributed by atoms with E-state index in [0.29, 0.717) is 28.3 Å².